The van der Waals surface area contributed by atoms with Gasteiger partial charge in [0.1, 0.15) is 17.1 Å². The van der Waals surface area contributed by atoms with Crippen molar-refractivity contribution < 1.29 is 14.2 Å². The topological polar surface area (TPSA) is 53.7 Å². The maximum atomic E-state index is 6.61. The van der Waals surface area contributed by atoms with Gasteiger partial charge in [-0.1, -0.05) is 60.7 Å². The Hall–Kier alpha value is -2.82. The van der Waals surface area contributed by atoms with Gasteiger partial charge in [-0.15, -0.1) is 0 Å². The highest BCUT2D eigenvalue weighted by molar-refractivity contribution is 5.40. The molecule has 3 aromatic rings. The minimum absolute atomic E-state index is 0.273. The maximum absolute atomic E-state index is 6.61. The fourth-order valence-corrected chi connectivity index (χ4v) is 3.51. The molecule has 146 valence electrons. The molecule has 0 saturated heterocycles. The number of ether oxygens (including phenoxy) is 3. The number of methoxy groups -OCH3 is 2. The van der Waals surface area contributed by atoms with E-state index in [2.05, 4.69) is 24.3 Å². The van der Waals surface area contributed by atoms with Crippen LogP contribution in [0.25, 0.3) is 0 Å². The molecular formula is C24H27NO3. The van der Waals surface area contributed by atoms with Crippen molar-refractivity contribution in [2.45, 2.75) is 25.2 Å². The van der Waals surface area contributed by atoms with Gasteiger partial charge >= 0.3 is 0 Å². The van der Waals surface area contributed by atoms with Crippen molar-refractivity contribution in [3.63, 3.8) is 0 Å². The highest BCUT2D eigenvalue weighted by Crippen LogP contribution is 2.37. The fraction of sp³-hybridized carbons (Fsp3) is 0.250. The average molecular weight is 377 g/mol. The molecular weight excluding hydrogens is 350 g/mol. The molecule has 4 heteroatoms. The van der Waals surface area contributed by atoms with Crippen LogP contribution in [0.3, 0.4) is 0 Å². The molecule has 0 aliphatic heterocycles. The molecule has 0 saturated carbocycles. The van der Waals surface area contributed by atoms with Gasteiger partial charge in [-0.25, -0.2) is 0 Å². The molecule has 0 heterocycles. The Morgan fingerprint density at radius 2 is 1.25 bits per heavy atom. The van der Waals surface area contributed by atoms with Gasteiger partial charge in [0.05, 0.1) is 20.8 Å². The minimum atomic E-state index is -0.779. The second-order valence-electron chi connectivity index (χ2n) is 6.77. The third kappa shape index (κ3) is 4.03. The zero-order valence-electron chi connectivity index (χ0n) is 16.6. The van der Waals surface area contributed by atoms with Gasteiger partial charge in [-0.2, -0.15) is 0 Å². The van der Waals surface area contributed by atoms with Crippen LogP contribution < -0.4 is 15.2 Å². The molecule has 2 N–H and O–H groups in total. The lowest BCUT2D eigenvalue weighted by Crippen LogP contribution is -2.46. The van der Waals surface area contributed by atoms with Crippen molar-refractivity contribution in [1.29, 1.82) is 0 Å². The number of benzene rings is 3. The molecule has 0 fully saturated rings. The first-order valence-corrected chi connectivity index (χ1v) is 9.32. The van der Waals surface area contributed by atoms with Crippen LogP contribution in [0, 0.1) is 0 Å². The molecule has 3 aromatic carbocycles. The summed E-state index contributed by atoms with van der Waals surface area (Å²) in [5, 5.41) is 0. The molecule has 0 aliphatic rings. The predicted molar refractivity (Wildman–Crippen MR) is 112 cm³/mol. The van der Waals surface area contributed by atoms with Crippen LogP contribution in [-0.4, -0.2) is 20.3 Å². The molecule has 1 atom stereocenters. The zero-order chi connectivity index (χ0) is 20.0. The molecule has 0 aliphatic carbocycles. The van der Waals surface area contributed by atoms with Crippen molar-refractivity contribution in [3.8, 4) is 11.5 Å². The van der Waals surface area contributed by atoms with E-state index in [1.807, 2.05) is 61.5 Å². The Balaban J connectivity index is 2.03. The van der Waals surface area contributed by atoms with Gasteiger partial charge in [-0.05, 0) is 35.7 Å². The lowest BCUT2D eigenvalue weighted by Gasteiger charge is -2.38. The zero-order valence-corrected chi connectivity index (χ0v) is 16.6. The van der Waals surface area contributed by atoms with E-state index in [1.165, 1.54) is 0 Å². The lowest BCUT2D eigenvalue weighted by atomic mass is 9.81. The molecule has 0 radical (unpaired) electrons. The summed E-state index contributed by atoms with van der Waals surface area (Å²) >= 11 is 0. The molecule has 4 nitrogen and oxygen atoms in total. The quantitative estimate of drug-likeness (QED) is 0.627. The van der Waals surface area contributed by atoms with Crippen molar-refractivity contribution in [1.82, 2.24) is 0 Å². The highest BCUT2D eigenvalue weighted by atomic mass is 16.5. The summed E-state index contributed by atoms with van der Waals surface area (Å²) < 4.78 is 17.4. The van der Waals surface area contributed by atoms with Crippen LogP contribution in [0.1, 0.15) is 23.6 Å². The first-order chi connectivity index (χ1) is 13.6. The third-order valence-corrected chi connectivity index (χ3v) is 4.92. The molecule has 1 unspecified atom stereocenters. The van der Waals surface area contributed by atoms with E-state index in [0.717, 1.165) is 28.2 Å². The lowest BCUT2D eigenvalue weighted by molar-refractivity contribution is -0.0451. The van der Waals surface area contributed by atoms with Gasteiger partial charge in [0.2, 0.25) is 0 Å². The van der Waals surface area contributed by atoms with Crippen molar-refractivity contribution in [2.75, 3.05) is 14.2 Å². The Morgan fingerprint density at radius 1 is 0.786 bits per heavy atom. The summed E-state index contributed by atoms with van der Waals surface area (Å²) in [5.74, 6) is 1.45. The van der Waals surface area contributed by atoms with Gasteiger partial charge in [0.25, 0.3) is 0 Å². The number of hydrogen-bond acceptors (Lipinski definition) is 4. The van der Waals surface area contributed by atoms with E-state index in [1.54, 1.807) is 14.2 Å². The van der Waals surface area contributed by atoms with E-state index in [4.69, 9.17) is 19.9 Å². The molecule has 0 spiro atoms. The van der Waals surface area contributed by atoms with Crippen molar-refractivity contribution >= 4 is 0 Å². The smallest absolute Gasteiger partial charge is 0.133 e. The fourth-order valence-electron chi connectivity index (χ4n) is 3.51. The van der Waals surface area contributed by atoms with Gasteiger partial charge in [0, 0.05) is 12.1 Å². The van der Waals surface area contributed by atoms with Crippen molar-refractivity contribution in [2.24, 2.45) is 5.73 Å². The summed E-state index contributed by atoms with van der Waals surface area (Å²) in [7, 11) is 3.28. The standard InChI is InChI=1S/C24H27NO3/c1-18(25)24(20-10-6-4-7-11-20,21-12-8-5-9-13-21)28-17-19-14-22(26-2)16-23(15-19)27-3/h4-16,18H,17,25H2,1-3H3. The van der Waals surface area contributed by atoms with Crippen LogP contribution in [0.5, 0.6) is 11.5 Å². The number of hydrogen-bond donors (Lipinski definition) is 1. The maximum Gasteiger partial charge on any atom is 0.133 e. The summed E-state index contributed by atoms with van der Waals surface area (Å²) in [6.45, 7) is 2.34. The second kappa shape index (κ2) is 8.91. The normalized spacial score (nSPS) is 12.4. The molecule has 28 heavy (non-hydrogen) atoms. The van der Waals surface area contributed by atoms with Gasteiger partial charge in [0.15, 0.2) is 0 Å². The number of nitrogens with two attached hydrogens (primary N) is 1. The number of rotatable bonds is 8. The third-order valence-electron chi connectivity index (χ3n) is 4.92. The summed E-state index contributed by atoms with van der Waals surface area (Å²) in [4.78, 5) is 0. The predicted octanol–water partition coefficient (Wildman–Crippen LogP) is 4.51. The summed E-state index contributed by atoms with van der Waals surface area (Å²) in [5.41, 5.74) is 8.75. The average Bonchev–Trinajstić information content (AvgIpc) is 2.75. The van der Waals surface area contributed by atoms with Gasteiger partial charge < -0.3 is 19.9 Å². The Labute approximate surface area is 166 Å². The first-order valence-electron chi connectivity index (χ1n) is 9.32. The Morgan fingerprint density at radius 3 is 1.64 bits per heavy atom. The van der Waals surface area contributed by atoms with E-state index in [9.17, 15) is 0 Å². The molecule has 0 amide bonds. The summed E-state index contributed by atoms with van der Waals surface area (Å²) in [6, 6.07) is 25.7. The van der Waals surface area contributed by atoms with E-state index >= 15 is 0 Å². The first kappa shape index (κ1) is 19.9. The van der Waals surface area contributed by atoms with E-state index in [-0.39, 0.29) is 6.04 Å². The van der Waals surface area contributed by atoms with Crippen LogP contribution in [-0.2, 0) is 16.9 Å². The van der Waals surface area contributed by atoms with E-state index in [0.29, 0.717) is 6.61 Å². The summed E-state index contributed by atoms with van der Waals surface area (Å²) in [6.07, 6.45) is 0. The monoisotopic (exact) mass is 377 g/mol. The Bertz CT molecular complexity index is 817. The molecule has 0 bridgehead atoms. The van der Waals surface area contributed by atoms with Crippen LogP contribution >= 0.6 is 0 Å². The van der Waals surface area contributed by atoms with Crippen molar-refractivity contribution in [3.05, 3.63) is 95.6 Å². The van der Waals surface area contributed by atoms with Gasteiger partial charge in [-0.3, -0.25) is 0 Å². The van der Waals surface area contributed by atoms with Crippen LogP contribution in [0.15, 0.2) is 78.9 Å². The molecule has 0 aromatic heterocycles. The minimum Gasteiger partial charge on any atom is -0.497 e. The highest BCUT2D eigenvalue weighted by Gasteiger charge is 2.39. The Kier molecular flexibility index (Phi) is 6.34. The van der Waals surface area contributed by atoms with E-state index < -0.39 is 5.60 Å². The van der Waals surface area contributed by atoms with Crippen LogP contribution in [0.2, 0.25) is 0 Å². The largest absolute Gasteiger partial charge is 0.497 e. The molecule has 3 rings (SSSR count). The SMILES string of the molecule is COc1cc(COC(c2ccccc2)(c2ccccc2)C(C)N)cc(OC)c1. The van der Waals surface area contributed by atoms with Crippen LogP contribution in [0.4, 0.5) is 0 Å². The second-order valence-corrected chi connectivity index (χ2v) is 6.77.